The Kier molecular flexibility index (Phi) is 7.32. The first-order chi connectivity index (χ1) is 8.22. The van der Waals surface area contributed by atoms with Crippen LogP contribution in [0.3, 0.4) is 0 Å². The Morgan fingerprint density at radius 2 is 1.89 bits per heavy atom. The minimum Gasteiger partial charge on any atom is -0.395 e. The van der Waals surface area contributed by atoms with Gasteiger partial charge in [-0.15, -0.1) is 0 Å². The number of rotatable bonds is 6. The third-order valence-electron chi connectivity index (χ3n) is 2.52. The van der Waals surface area contributed by atoms with Crippen molar-refractivity contribution >= 4 is 23.6 Å². The van der Waals surface area contributed by atoms with Crippen LogP contribution in [0.5, 0.6) is 0 Å². The number of aliphatic hydroxyl groups is 1. The maximum absolute atomic E-state index is 11.6. The van der Waals surface area contributed by atoms with Gasteiger partial charge in [0, 0.05) is 16.7 Å². The second kappa shape index (κ2) is 7.63. The van der Waals surface area contributed by atoms with E-state index >= 15 is 0 Å². The van der Waals surface area contributed by atoms with E-state index in [2.05, 4.69) is 10.6 Å². The van der Waals surface area contributed by atoms with Gasteiger partial charge in [0.05, 0.1) is 13.2 Å². The summed E-state index contributed by atoms with van der Waals surface area (Å²) < 4.78 is 0. The average molecular weight is 276 g/mol. The van der Waals surface area contributed by atoms with Gasteiger partial charge in [0.15, 0.2) is 0 Å². The molecule has 2 atom stereocenters. The summed E-state index contributed by atoms with van der Waals surface area (Å²) in [6.07, 6.45) is 1.88. The topological polar surface area (TPSA) is 78.4 Å². The molecular weight excluding hydrogens is 252 g/mol. The number of thioether (sulfide) groups is 1. The number of amides is 2. The molecule has 2 amide bonds. The van der Waals surface area contributed by atoms with Gasteiger partial charge in [0.25, 0.3) is 0 Å². The van der Waals surface area contributed by atoms with Gasteiger partial charge in [-0.25, -0.2) is 0 Å². The molecule has 18 heavy (non-hydrogen) atoms. The highest BCUT2D eigenvalue weighted by atomic mass is 32.2. The molecule has 2 unspecified atom stereocenters. The van der Waals surface area contributed by atoms with Gasteiger partial charge in [-0.1, -0.05) is 20.8 Å². The lowest BCUT2D eigenvalue weighted by molar-refractivity contribution is -0.131. The molecule has 5 nitrogen and oxygen atoms in total. The van der Waals surface area contributed by atoms with Crippen LogP contribution in [0.15, 0.2) is 0 Å². The molecule has 0 aromatic rings. The molecule has 0 spiro atoms. The second-order valence-corrected chi connectivity index (χ2v) is 6.32. The molecule has 0 aromatic heterocycles. The van der Waals surface area contributed by atoms with Crippen LogP contribution in [0.4, 0.5) is 0 Å². The highest BCUT2D eigenvalue weighted by Crippen LogP contribution is 2.12. The molecule has 0 heterocycles. The molecule has 6 heteroatoms. The zero-order valence-corrected chi connectivity index (χ0v) is 12.6. The van der Waals surface area contributed by atoms with E-state index in [4.69, 9.17) is 5.11 Å². The standard InChI is InChI=1S/C12H24N2O3S/c1-8(9(7-15)18-5)14-10(16)6-13-11(17)12(2,3)4/h8-9,15H,6-7H2,1-5H3,(H,13,17)(H,14,16). The number of hydrogen-bond acceptors (Lipinski definition) is 4. The molecule has 0 radical (unpaired) electrons. The third-order valence-corrected chi connectivity index (χ3v) is 3.68. The van der Waals surface area contributed by atoms with Crippen molar-refractivity contribution in [2.75, 3.05) is 19.4 Å². The highest BCUT2D eigenvalue weighted by Gasteiger charge is 2.22. The van der Waals surface area contributed by atoms with Crippen LogP contribution in [0.25, 0.3) is 0 Å². The third kappa shape index (κ3) is 6.26. The van der Waals surface area contributed by atoms with Crippen molar-refractivity contribution in [2.45, 2.75) is 39.0 Å². The molecule has 0 aromatic carbocycles. The molecule has 3 N–H and O–H groups in total. The number of hydrogen-bond donors (Lipinski definition) is 3. The molecule has 0 rings (SSSR count). The van der Waals surface area contributed by atoms with E-state index in [0.717, 1.165) is 0 Å². The molecule has 0 aliphatic carbocycles. The van der Waals surface area contributed by atoms with Gasteiger partial charge in [-0.05, 0) is 13.2 Å². The maximum atomic E-state index is 11.6. The Balaban J connectivity index is 4.09. The molecular formula is C12H24N2O3S. The van der Waals surface area contributed by atoms with E-state index in [-0.39, 0.29) is 36.3 Å². The van der Waals surface area contributed by atoms with Gasteiger partial charge >= 0.3 is 0 Å². The zero-order chi connectivity index (χ0) is 14.3. The minimum atomic E-state index is -0.501. The Morgan fingerprint density at radius 3 is 2.28 bits per heavy atom. The Labute approximate surface area is 113 Å². The van der Waals surface area contributed by atoms with Gasteiger partial charge in [-0.3, -0.25) is 9.59 Å². The van der Waals surface area contributed by atoms with E-state index in [0.29, 0.717) is 0 Å². The van der Waals surface area contributed by atoms with E-state index < -0.39 is 5.41 Å². The van der Waals surface area contributed by atoms with Crippen LogP contribution in [0, 0.1) is 5.41 Å². The van der Waals surface area contributed by atoms with Crippen molar-refractivity contribution in [3.63, 3.8) is 0 Å². The minimum absolute atomic E-state index is 0.0109. The fraction of sp³-hybridized carbons (Fsp3) is 0.833. The Bertz CT molecular complexity index is 286. The largest absolute Gasteiger partial charge is 0.395 e. The van der Waals surface area contributed by atoms with E-state index in [1.807, 2.05) is 13.2 Å². The first-order valence-corrected chi connectivity index (χ1v) is 7.22. The van der Waals surface area contributed by atoms with E-state index in [9.17, 15) is 9.59 Å². The lowest BCUT2D eigenvalue weighted by Gasteiger charge is -2.22. The van der Waals surface area contributed by atoms with Crippen molar-refractivity contribution in [3.05, 3.63) is 0 Å². The van der Waals surface area contributed by atoms with Gasteiger partial charge in [0.1, 0.15) is 0 Å². The molecule has 0 bridgehead atoms. The molecule has 0 saturated heterocycles. The summed E-state index contributed by atoms with van der Waals surface area (Å²) in [6.45, 7) is 7.18. The van der Waals surface area contributed by atoms with Crippen molar-refractivity contribution in [1.29, 1.82) is 0 Å². The number of aliphatic hydroxyl groups excluding tert-OH is 1. The predicted molar refractivity (Wildman–Crippen MR) is 74.5 cm³/mol. The van der Waals surface area contributed by atoms with E-state index in [1.165, 1.54) is 11.8 Å². The zero-order valence-electron chi connectivity index (χ0n) is 11.7. The van der Waals surface area contributed by atoms with Gasteiger partial charge < -0.3 is 15.7 Å². The molecule has 0 aliphatic rings. The van der Waals surface area contributed by atoms with Crippen LogP contribution in [-0.4, -0.2) is 47.6 Å². The predicted octanol–water partition coefficient (Wildman–Crippen LogP) is 0.377. The summed E-state index contributed by atoms with van der Waals surface area (Å²) in [6, 6.07) is -0.135. The van der Waals surface area contributed by atoms with Crippen LogP contribution >= 0.6 is 11.8 Å². The lowest BCUT2D eigenvalue weighted by Crippen LogP contribution is -2.47. The summed E-state index contributed by atoms with van der Waals surface area (Å²) in [4.78, 5) is 23.2. The fourth-order valence-corrected chi connectivity index (χ4v) is 1.89. The van der Waals surface area contributed by atoms with Crippen LogP contribution in [0.1, 0.15) is 27.7 Å². The normalized spacial score (nSPS) is 14.8. The van der Waals surface area contributed by atoms with Gasteiger partial charge in [-0.2, -0.15) is 11.8 Å². The van der Waals surface area contributed by atoms with Crippen molar-refractivity contribution < 1.29 is 14.7 Å². The lowest BCUT2D eigenvalue weighted by atomic mass is 9.96. The van der Waals surface area contributed by atoms with Crippen LogP contribution in [0.2, 0.25) is 0 Å². The van der Waals surface area contributed by atoms with Crippen molar-refractivity contribution in [2.24, 2.45) is 5.41 Å². The van der Waals surface area contributed by atoms with E-state index in [1.54, 1.807) is 20.8 Å². The Hall–Kier alpha value is -0.750. The number of carbonyl (C=O) groups is 2. The monoisotopic (exact) mass is 276 g/mol. The summed E-state index contributed by atoms with van der Waals surface area (Å²) >= 11 is 1.50. The fourth-order valence-electron chi connectivity index (χ4n) is 1.26. The Morgan fingerprint density at radius 1 is 1.33 bits per heavy atom. The molecule has 0 aliphatic heterocycles. The summed E-state index contributed by atoms with van der Waals surface area (Å²) in [5.74, 6) is -0.401. The summed E-state index contributed by atoms with van der Waals surface area (Å²) in [5.41, 5.74) is -0.501. The van der Waals surface area contributed by atoms with Crippen LogP contribution in [-0.2, 0) is 9.59 Å². The summed E-state index contributed by atoms with van der Waals surface area (Å²) in [5, 5.41) is 14.4. The first-order valence-electron chi connectivity index (χ1n) is 5.93. The van der Waals surface area contributed by atoms with Crippen molar-refractivity contribution in [1.82, 2.24) is 10.6 Å². The SMILES string of the molecule is CSC(CO)C(C)NC(=O)CNC(=O)C(C)(C)C. The first kappa shape index (κ1) is 17.2. The van der Waals surface area contributed by atoms with Crippen LogP contribution < -0.4 is 10.6 Å². The maximum Gasteiger partial charge on any atom is 0.239 e. The smallest absolute Gasteiger partial charge is 0.239 e. The second-order valence-electron chi connectivity index (χ2n) is 5.25. The van der Waals surface area contributed by atoms with Gasteiger partial charge in [0.2, 0.25) is 11.8 Å². The molecule has 0 fully saturated rings. The number of nitrogens with one attached hydrogen (secondary N) is 2. The van der Waals surface area contributed by atoms with Crippen molar-refractivity contribution in [3.8, 4) is 0 Å². The summed E-state index contributed by atoms with van der Waals surface area (Å²) in [7, 11) is 0. The molecule has 106 valence electrons. The quantitative estimate of drug-likeness (QED) is 0.655. The average Bonchev–Trinajstić information content (AvgIpc) is 2.26. The molecule has 0 saturated carbocycles. The highest BCUT2D eigenvalue weighted by molar-refractivity contribution is 7.99. The number of carbonyl (C=O) groups excluding carboxylic acids is 2.